The number of hydrogen-bond donors (Lipinski definition) is 0. The summed E-state index contributed by atoms with van der Waals surface area (Å²) in [6.07, 6.45) is 3.06. The van der Waals surface area contributed by atoms with Gasteiger partial charge < -0.3 is 0 Å². The number of hydrogen-bond acceptors (Lipinski definition) is 4. The number of ketones is 1. The Labute approximate surface area is 152 Å². The average molecular weight is 373 g/mol. The number of aromatic nitrogens is 1. The fourth-order valence-electron chi connectivity index (χ4n) is 2.13. The summed E-state index contributed by atoms with van der Waals surface area (Å²) in [7, 11) is 0. The zero-order valence-corrected chi connectivity index (χ0v) is 14.6. The molecule has 0 aliphatic heterocycles. The Kier molecular flexibility index (Phi) is 4.96. The monoisotopic (exact) mass is 372 g/mol. The van der Waals surface area contributed by atoms with Gasteiger partial charge in [0, 0.05) is 10.0 Å². The second-order valence-corrected chi connectivity index (χ2v) is 6.95. The topological polar surface area (TPSA) is 53.8 Å². The van der Waals surface area contributed by atoms with Gasteiger partial charge in [-0.15, -0.1) is 11.3 Å². The Morgan fingerprint density at radius 1 is 1.17 bits per heavy atom. The molecule has 2 aromatic carbocycles. The number of thiazole rings is 1. The third-order valence-corrected chi connectivity index (χ3v) is 4.93. The SMILES string of the molecule is N#CC(C(=O)/C=C/c1ccc(Cl)cc1)c1nc2cc(Cl)ccc2s1. The minimum absolute atomic E-state index is 0.308. The summed E-state index contributed by atoms with van der Waals surface area (Å²) in [5.41, 5.74) is 1.53. The van der Waals surface area contributed by atoms with Crippen LogP contribution in [0, 0.1) is 11.3 Å². The van der Waals surface area contributed by atoms with Gasteiger partial charge in [-0.1, -0.05) is 41.4 Å². The van der Waals surface area contributed by atoms with Crippen LogP contribution in [0.5, 0.6) is 0 Å². The lowest BCUT2D eigenvalue weighted by molar-refractivity contribution is -0.114. The molecule has 0 saturated heterocycles. The minimum atomic E-state index is -0.926. The van der Waals surface area contributed by atoms with E-state index in [1.54, 1.807) is 42.5 Å². The first-order chi connectivity index (χ1) is 11.6. The maximum absolute atomic E-state index is 12.4. The standard InChI is InChI=1S/C18H10Cl2N2OS/c19-12-4-1-11(2-5-12)3-7-16(23)14(10-21)18-22-15-9-13(20)6-8-17(15)24-18/h1-9,14H/b7-3+. The van der Waals surface area contributed by atoms with Gasteiger partial charge in [-0.3, -0.25) is 4.79 Å². The van der Waals surface area contributed by atoms with Gasteiger partial charge in [-0.05, 0) is 42.0 Å². The maximum atomic E-state index is 12.4. The average Bonchev–Trinajstić information content (AvgIpc) is 2.97. The number of carbonyl (C=O) groups is 1. The van der Waals surface area contributed by atoms with Gasteiger partial charge in [0.15, 0.2) is 11.7 Å². The third-order valence-electron chi connectivity index (χ3n) is 3.34. The van der Waals surface area contributed by atoms with E-state index in [0.717, 1.165) is 10.3 Å². The Bertz CT molecular complexity index is 971. The molecule has 0 N–H and O–H groups in total. The Morgan fingerprint density at radius 3 is 2.58 bits per heavy atom. The summed E-state index contributed by atoms with van der Waals surface area (Å²) in [6, 6.07) is 14.4. The van der Waals surface area contributed by atoms with Crippen molar-refractivity contribution in [2.75, 3.05) is 0 Å². The number of nitriles is 1. The first-order valence-electron chi connectivity index (χ1n) is 7.00. The van der Waals surface area contributed by atoms with Gasteiger partial charge in [0.2, 0.25) is 0 Å². The minimum Gasteiger partial charge on any atom is -0.293 e. The van der Waals surface area contributed by atoms with Crippen molar-refractivity contribution in [3.63, 3.8) is 0 Å². The van der Waals surface area contributed by atoms with Gasteiger partial charge in [0.05, 0.1) is 16.3 Å². The molecule has 0 amide bonds. The highest BCUT2D eigenvalue weighted by Gasteiger charge is 2.22. The number of nitrogens with zero attached hydrogens (tertiary/aromatic N) is 2. The number of fused-ring (bicyclic) bond motifs is 1. The molecular weight excluding hydrogens is 363 g/mol. The van der Waals surface area contributed by atoms with E-state index in [4.69, 9.17) is 23.2 Å². The van der Waals surface area contributed by atoms with Crippen LogP contribution in [0.2, 0.25) is 10.0 Å². The number of benzene rings is 2. The summed E-state index contributed by atoms with van der Waals surface area (Å²) in [4.78, 5) is 16.7. The van der Waals surface area contributed by atoms with Crippen LogP contribution in [0.4, 0.5) is 0 Å². The van der Waals surface area contributed by atoms with E-state index in [1.807, 2.05) is 12.1 Å². The van der Waals surface area contributed by atoms with Gasteiger partial charge in [-0.2, -0.15) is 5.26 Å². The summed E-state index contributed by atoms with van der Waals surface area (Å²) < 4.78 is 0.893. The molecule has 24 heavy (non-hydrogen) atoms. The molecule has 3 nitrogen and oxygen atoms in total. The normalized spacial score (nSPS) is 12.4. The van der Waals surface area contributed by atoms with Crippen LogP contribution in [0.15, 0.2) is 48.5 Å². The molecule has 0 spiro atoms. The molecule has 1 heterocycles. The van der Waals surface area contributed by atoms with E-state index in [2.05, 4.69) is 4.98 Å². The van der Waals surface area contributed by atoms with Crippen LogP contribution in [0.1, 0.15) is 16.5 Å². The quantitative estimate of drug-likeness (QED) is 0.568. The number of carbonyl (C=O) groups excluding carboxylic acids is 1. The van der Waals surface area contributed by atoms with Crippen LogP contribution < -0.4 is 0 Å². The van der Waals surface area contributed by atoms with E-state index in [1.165, 1.54) is 17.4 Å². The molecule has 1 atom stereocenters. The summed E-state index contributed by atoms with van der Waals surface area (Å²) >= 11 is 13.1. The lowest BCUT2D eigenvalue weighted by Crippen LogP contribution is -2.07. The molecule has 0 radical (unpaired) electrons. The molecular formula is C18H10Cl2N2OS. The van der Waals surface area contributed by atoms with E-state index in [9.17, 15) is 10.1 Å². The van der Waals surface area contributed by atoms with Crippen molar-refractivity contribution in [3.8, 4) is 6.07 Å². The molecule has 1 aromatic heterocycles. The van der Waals surface area contributed by atoms with E-state index >= 15 is 0 Å². The molecule has 0 aliphatic carbocycles. The first-order valence-corrected chi connectivity index (χ1v) is 8.57. The molecule has 0 fully saturated rings. The molecule has 0 aliphatic rings. The van der Waals surface area contributed by atoms with Crippen molar-refractivity contribution in [2.45, 2.75) is 5.92 Å². The second-order valence-electron chi connectivity index (χ2n) is 5.01. The molecule has 118 valence electrons. The van der Waals surface area contributed by atoms with Crippen LogP contribution in [-0.2, 0) is 4.79 Å². The largest absolute Gasteiger partial charge is 0.293 e. The van der Waals surface area contributed by atoms with Crippen molar-refractivity contribution in [1.82, 2.24) is 4.98 Å². The lowest BCUT2D eigenvalue weighted by atomic mass is 10.1. The number of halogens is 2. The van der Waals surface area contributed by atoms with Gasteiger partial charge in [0.1, 0.15) is 5.01 Å². The molecule has 1 unspecified atom stereocenters. The van der Waals surface area contributed by atoms with Crippen LogP contribution in [0.3, 0.4) is 0 Å². The Balaban J connectivity index is 1.85. The van der Waals surface area contributed by atoms with Crippen molar-refractivity contribution >= 4 is 56.6 Å². The number of rotatable bonds is 4. The molecule has 3 aromatic rings. The van der Waals surface area contributed by atoms with E-state index < -0.39 is 5.92 Å². The Hall–Kier alpha value is -2.19. The van der Waals surface area contributed by atoms with Crippen molar-refractivity contribution in [3.05, 3.63) is 69.2 Å². The number of allylic oxidation sites excluding steroid dienone is 1. The second kappa shape index (κ2) is 7.14. The lowest BCUT2D eigenvalue weighted by Gasteiger charge is -2.00. The highest BCUT2D eigenvalue weighted by atomic mass is 35.5. The third kappa shape index (κ3) is 3.65. The van der Waals surface area contributed by atoms with Crippen LogP contribution in [0.25, 0.3) is 16.3 Å². The van der Waals surface area contributed by atoms with E-state index in [0.29, 0.717) is 20.6 Å². The van der Waals surface area contributed by atoms with Gasteiger partial charge >= 0.3 is 0 Å². The first kappa shape index (κ1) is 16.7. The highest BCUT2D eigenvalue weighted by Crippen LogP contribution is 2.30. The maximum Gasteiger partial charge on any atom is 0.179 e. The van der Waals surface area contributed by atoms with Crippen LogP contribution in [-0.4, -0.2) is 10.8 Å². The van der Waals surface area contributed by atoms with Crippen molar-refractivity contribution in [2.24, 2.45) is 0 Å². The predicted octanol–water partition coefficient (Wildman–Crippen LogP) is 5.49. The zero-order valence-electron chi connectivity index (χ0n) is 12.2. The van der Waals surface area contributed by atoms with Crippen molar-refractivity contribution in [1.29, 1.82) is 5.26 Å². The van der Waals surface area contributed by atoms with Crippen LogP contribution >= 0.6 is 34.5 Å². The molecule has 3 rings (SSSR count). The highest BCUT2D eigenvalue weighted by molar-refractivity contribution is 7.18. The molecule has 6 heteroatoms. The Morgan fingerprint density at radius 2 is 1.88 bits per heavy atom. The predicted molar refractivity (Wildman–Crippen MR) is 98.5 cm³/mol. The fourth-order valence-corrected chi connectivity index (χ4v) is 3.42. The zero-order chi connectivity index (χ0) is 17.1. The summed E-state index contributed by atoms with van der Waals surface area (Å²) in [6.45, 7) is 0. The fraction of sp³-hybridized carbons (Fsp3) is 0.0556. The van der Waals surface area contributed by atoms with Gasteiger partial charge in [0.25, 0.3) is 0 Å². The molecule has 0 bridgehead atoms. The van der Waals surface area contributed by atoms with Gasteiger partial charge in [-0.25, -0.2) is 4.98 Å². The molecule has 0 saturated carbocycles. The summed E-state index contributed by atoms with van der Waals surface area (Å²) in [5, 5.41) is 11.1. The van der Waals surface area contributed by atoms with E-state index in [-0.39, 0.29) is 5.78 Å². The summed E-state index contributed by atoms with van der Waals surface area (Å²) in [5.74, 6) is -1.23. The smallest absolute Gasteiger partial charge is 0.179 e. The van der Waals surface area contributed by atoms with Crippen molar-refractivity contribution < 1.29 is 4.79 Å².